The predicted molar refractivity (Wildman–Crippen MR) is 117 cm³/mol. The molecule has 3 heterocycles. The monoisotopic (exact) mass is 395 g/mol. The highest BCUT2D eigenvalue weighted by Gasteiger charge is 2.45. The average molecular weight is 396 g/mol. The van der Waals surface area contributed by atoms with E-state index in [1.165, 1.54) is 42.5 Å². The molecule has 140 valence electrons. The van der Waals surface area contributed by atoms with Crippen LogP contribution >= 0.6 is 23.1 Å². The molecule has 1 saturated carbocycles. The van der Waals surface area contributed by atoms with Crippen molar-refractivity contribution in [2.75, 3.05) is 0 Å². The summed E-state index contributed by atoms with van der Waals surface area (Å²) in [6.07, 6.45) is 11.3. The zero-order valence-corrected chi connectivity index (χ0v) is 17.6. The van der Waals surface area contributed by atoms with Crippen LogP contribution in [0.2, 0.25) is 0 Å². The van der Waals surface area contributed by atoms with E-state index >= 15 is 0 Å². The molecule has 0 aromatic carbocycles. The summed E-state index contributed by atoms with van der Waals surface area (Å²) in [5.74, 6) is 6.03. The SMILES string of the molecule is CC#Cc1cncc(-c2csc(C3(C)CC4(CCCCC4)SC(N)=N3)c2)c1. The molecule has 0 radical (unpaired) electrons. The van der Waals surface area contributed by atoms with Crippen LogP contribution < -0.4 is 5.73 Å². The van der Waals surface area contributed by atoms with Crippen molar-refractivity contribution < 1.29 is 0 Å². The van der Waals surface area contributed by atoms with E-state index in [4.69, 9.17) is 10.7 Å². The van der Waals surface area contributed by atoms with E-state index in [1.807, 2.05) is 31.1 Å². The van der Waals surface area contributed by atoms with Crippen LogP contribution in [-0.2, 0) is 5.54 Å². The molecule has 2 aliphatic rings. The van der Waals surface area contributed by atoms with Crippen LogP contribution in [0, 0.1) is 11.8 Å². The molecule has 1 unspecified atom stereocenters. The standard InChI is InChI=1S/C22H25N3S2/c1-3-7-16-10-17(13-24-12-16)18-11-19(26-14-18)21(2)15-22(27-20(23)25-21)8-5-4-6-9-22/h10-14H,4-6,8-9,15H2,1-2H3,(H2,23,25). The minimum Gasteiger partial charge on any atom is -0.378 e. The van der Waals surface area contributed by atoms with Crippen LogP contribution in [0.15, 0.2) is 34.9 Å². The molecule has 1 atom stereocenters. The molecule has 27 heavy (non-hydrogen) atoms. The summed E-state index contributed by atoms with van der Waals surface area (Å²) in [6, 6.07) is 4.38. The summed E-state index contributed by atoms with van der Waals surface area (Å²) < 4.78 is 0.265. The van der Waals surface area contributed by atoms with Crippen LogP contribution in [0.1, 0.15) is 62.8 Å². The lowest BCUT2D eigenvalue weighted by Gasteiger charge is -2.45. The normalized spacial score (nSPS) is 24.1. The fourth-order valence-corrected chi connectivity index (χ4v) is 6.95. The van der Waals surface area contributed by atoms with Gasteiger partial charge in [0.2, 0.25) is 0 Å². The van der Waals surface area contributed by atoms with E-state index in [1.54, 1.807) is 11.3 Å². The zero-order valence-electron chi connectivity index (χ0n) is 15.9. The maximum Gasteiger partial charge on any atom is 0.155 e. The maximum absolute atomic E-state index is 6.32. The fraction of sp³-hybridized carbons (Fsp3) is 0.455. The molecule has 1 aliphatic carbocycles. The topological polar surface area (TPSA) is 51.3 Å². The molecule has 3 nitrogen and oxygen atoms in total. The lowest BCUT2D eigenvalue weighted by atomic mass is 9.78. The highest BCUT2D eigenvalue weighted by molar-refractivity contribution is 8.15. The Bertz CT molecular complexity index is 928. The Kier molecular flexibility index (Phi) is 5.05. The van der Waals surface area contributed by atoms with Gasteiger partial charge in [0.15, 0.2) is 5.17 Å². The maximum atomic E-state index is 6.32. The summed E-state index contributed by atoms with van der Waals surface area (Å²) in [5, 5.41) is 2.96. The minimum atomic E-state index is -0.232. The second-order valence-corrected chi connectivity index (χ2v) is 10.2. The van der Waals surface area contributed by atoms with Crippen LogP contribution in [-0.4, -0.2) is 14.9 Å². The molecule has 0 amide bonds. The first-order valence-electron chi connectivity index (χ1n) is 9.54. The summed E-state index contributed by atoms with van der Waals surface area (Å²) in [4.78, 5) is 10.6. The summed E-state index contributed by atoms with van der Waals surface area (Å²) in [6.45, 7) is 4.10. The van der Waals surface area contributed by atoms with Gasteiger partial charge in [-0.1, -0.05) is 36.9 Å². The van der Waals surface area contributed by atoms with Crippen molar-refractivity contribution in [1.82, 2.24) is 4.98 Å². The molecule has 0 bridgehead atoms. The van der Waals surface area contributed by atoms with E-state index in [0.29, 0.717) is 0 Å². The van der Waals surface area contributed by atoms with Crippen LogP contribution in [0.3, 0.4) is 0 Å². The van der Waals surface area contributed by atoms with Gasteiger partial charge in [-0.05, 0) is 56.2 Å². The molecule has 2 N–H and O–H groups in total. The van der Waals surface area contributed by atoms with Gasteiger partial charge in [-0.15, -0.1) is 17.3 Å². The van der Waals surface area contributed by atoms with Crippen LogP contribution in [0.5, 0.6) is 0 Å². The number of thioether (sulfide) groups is 1. The molecular weight excluding hydrogens is 370 g/mol. The number of pyridine rings is 1. The van der Waals surface area contributed by atoms with E-state index in [-0.39, 0.29) is 10.3 Å². The second kappa shape index (κ2) is 7.33. The van der Waals surface area contributed by atoms with Gasteiger partial charge in [-0.25, -0.2) is 0 Å². The van der Waals surface area contributed by atoms with Gasteiger partial charge in [-0.2, -0.15) is 0 Å². The molecule has 2 aromatic heterocycles. The van der Waals surface area contributed by atoms with Crippen molar-refractivity contribution in [3.63, 3.8) is 0 Å². The summed E-state index contributed by atoms with van der Waals surface area (Å²) >= 11 is 3.61. The molecule has 4 rings (SSSR count). The Labute approximate surface area is 169 Å². The number of nitrogens with two attached hydrogens (primary N) is 1. The lowest BCUT2D eigenvalue weighted by Crippen LogP contribution is -2.42. The largest absolute Gasteiger partial charge is 0.378 e. The number of thiophene rings is 1. The Morgan fingerprint density at radius 2 is 1.93 bits per heavy atom. The first kappa shape index (κ1) is 18.6. The van der Waals surface area contributed by atoms with E-state index in [2.05, 4.69) is 41.3 Å². The predicted octanol–water partition coefficient (Wildman–Crippen LogP) is 5.55. The minimum absolute atomic E-state index is 0.232. The van der Waals surface area contributed by atoms with Crippen molar-refractivity contribution in [2.45, 2.75) is 62.7 Å². The molecule has 2 aromatic rings. The Morgan fingerprint density at radius 3 is 2.70 bits per heavy atom. The van der Waals surface area contributed by atoms with Crippen LogP contribution in [0.4, 0.5) is 0 Å². The smallest absolute Gasteiger partial charge is 0.155 e. The highest BCUT2D eigenvalue weighted by atomic mass is 32.2. The average Bonchev–Trinajstić information content (AvgIpc) is 3.13. The quantitative estimate of drug-likeness (QED) is 0.678. The van der Waals surface area contributed by atoms with E-state index < -0.39 is 0 Å². The third kappa shape index (κ3) is 3.79. The number of aliphatic imine (C=N–C) groups is 1. The fourth-order valence-electron chi connectivity index (χ4n) is 4.39. The molecule has 1 aliphatic heterocycles. The van der Waals surface area contributed by atoms with Crippen molar-refractivity contribution in [1.29, 1.82) is 0 Å². The first-order valence-corrected chi connectivity index (χ1v) is 11.2. The number of hydrogen-bond acceptors (Lipinski definition) is 5. The number of rotatable bonds is 2. The van der Waals surface area contributed by atoms with E-state index in [0.717, 1.165) is 22.7 Å². The van der Waals surface area contributed by atoms with Crippen LogP contribution in [0.25, 0.3) is 11.1 Å². The van der Waals surface area contributed by atoms with Gasteiger partial charge in [0.25, 0.3) is 0 Å². The second-order valence-electron chi connectivity index (χ2n) is 7.78. The molecular formula is C22H25N3S2. The van der Waals surface area contributed by atoms with Crippen molar-refractivity contribution in [2.24, 2.45) is 10.7 Å². The first-order chi connectivity index (χ1) is 13.0. The number of hydrogen-bond donors (Lipinski definition) is 1. The van der Waals surface area contributed by atoms with Gasteiger partial charge in [0, 0.05) is 33.1 Å². The number of amidine groups is 1. The highest BCUT2D eigenvalue weighted by Crippen LogP contribution is 2.53. The number of nitrogens with zero attached hydrogens (tertiary/aromatic N) is 2. The molecule has 1 fully saturated rings. The van der Waals surface area contributed by atoms with Crippen molar-refractivity contribution in [3.8, 4) is 23.0 Å². The Balaban J connectivity index is 1.66. The van der Waals surface area contributed by atoms with E-state index in [9.17, 15) is 0 Å². The summed E-state index contributed by atoms with van der Waals surface area (Å²) in [5.41, 5.74) is 9.33. The molecule has 5 heteroatoms. The third-order valence-electron chi connectivity index (χ3n) is 5.58. The lowest BCUT2D eigenvalue weighted by molar-refractivity contribution is 0.306. The van der Waals surface area contributed by atoms with Gasteiger partial charge in [0.05, 0.1) is 5.54 Å². The van der Waals surface area contributed by atoms with Gasteiger partial charge >= 0.3 is 0 Å². The third-order valence-corrected chi connectivity index (χ3v) is 8.05. The molecule has 1 spiro atoms. The summed E-state index contributed by atoms with van der Waals surface area (Å²) in [7, 11) is 0. The zero-order chi connectivity index (χ0) is 18.9. The number of aromatic nitrogens is 1. The Morgan fingerprint density at radius 1 is 1.11 bits per heavy atom. The van der Waals surface area contributed by atoms with Gasteiger partial charge in [-0.3, -0.25) is 9.98 Å². The van der Waals surface area contributed by atoms with Gasteiger partial charge in [0.1, 0.15) is 0 Å². The Hall–Kier alpha value is -1.77. The van der Waals surface area contributed by atoms with Crippen molar-refractivity contribution >= 4 is 28.3 Å². The van der Waals surface area contributed by atoms with Gasteiger partial charge < -0.3 is 5.73 Å². The molecule has 0 saturated heterocycles. The van der Waals surface area contributed by atoms with Crippen molar-refractivity contribution in [3.05, 3.63) is 40.3 Å².